The minimum atomic E-state index is -3.90. The van der Waals surface area contributed by atoms with Gasteiger partial charge in [0.1, 0.15) is 6.04 Å². The topological polar surface area (TPSA) is 63.7 Å². The number of benzene rings is 1. The zero-order valence-corrected chi connectivity index (χ0v) is 15.1. The normalized spacial score (nSPS) is 19.4. The molecule has 0 aromatic heterocycles. The van der Waals surface area contributed by atoms with E-state index in [9.17, 15) is 13.2 Å². The number of halogens is 1. The maximum atomic E-state index is 12.1. The van der Waals surface area contributed by atoms with E-state index in [-0.39, 0.29) is 6.54 Å². The number of unbranched alkanes of at least 4 members (excludes halogenated alkanes) is 1. The minimum absolute atomic E-state index is 0.240. The van der Waals surface area contributed by atoms with Gasteiger partial charge in [-0.05, 0) is 24.8 Å². The van der Waals surface area contributed by atoms with Crippen LogP contribution in [0.3, 0.4) is 0 Å². The molecule has 1 aliphatic heterocycles. The van der Waals surface area contributed by atoms with E-state index in [1.165, 1.54) is 17.3 Å². The van der Waals surface area contributed by atoms with E-state index in [2.05, 4.69) is 12.1 Å². The largest absolute Gasteiger partial charge is 0.464 e. The van der Waals surface area contributed by atoms with Gasteiger partial charge in [0.25, 0.3) is 0 Å². The van der Waals surface area contributed by atoms with Crippen molar-refractivity contribution in [3.8, 4) is 0 Å². The monoisotopic (exact) mass is 377 g/mol. The molecule has 0 aliphatic carbocycles. The van der Waals surface area contributed by atoms with Gasteiger partial charge in [-0.2, -0.15) is 24.5 Å². The molecule has 128 valence electrons. The highest BCUT2D eigenvalue weighted by atomic mass is 35.7. The zero-order chi connectivity index (χ0) is 16.7. The van der Waals surface area contributed by atoms with Crippen LogP contribution in [0, 0.1) is 0 Å². The second kappa shape index (κ2) is 8.92. The third-order valence-corrected chi connectivity index (χ3v) is 6.13. The van der Waals surface area contributed by atoms with Gasteiger partial charge in [0.15, 0.2) is 0 Å². The average Bonchev–Trinajstić information content (AvgIpc) is 2.54. The molecule has 1 saturated heterocycles. The first-order chi connectivity index (χ1) is 11.0. The van der Waals surface area contributed by atoms with Gasteiger partial charge < -0.3 is 4.74 Å². The van der Waals surface area contributed by atoms with Crippen LogP contribution in [0.1, 0.15) is 18.4 Å². The Bertz CT molecular complexity index is 609. The van der Waals surface area contributed by atoms with Crippen LogP contribution >= 0.6 is 22.4 Å². The summed E-state index contributed by atoms with van der Waals surface area (Å²) in [7, 11) is 1.48. The summed E-state index contributed by atoms with van der Waals surface area (Å²) in [5.41, 5.74) is 1.25. The quantitative estimate of drug-likeness (QED) is 0.415. The number of rotatable bonds is 7. The van der Waals surface area contributed by atoms with E-state index >= 15 is 0 Å². The molecular formula is C15H20ClNO4S2. The van der Waals surface area contributed by atoms with Crippen molar-refractivity contribution in [2.24, 2.45) is 0 Å². The first-order valence-electron chi connectivity index (χ1n) is 7.48. The maximum absolute atomic E-state index is 12.1. The molecule has 1 heterocycles. The number of ether oxygens (including phenoxy) is 1. The van der Waals surface area contributed by atoms with Gasteiger partial charge in [-0.3, -0.25) is 4.79 Å². The predicted octanol–water partition coefficient (Wildman–Crippen LogP) is 2.45. The van der Waals surface area contributed by atoms with E-state index in [0.717, 1.165) is 23.6 Å². The van der Waals surface area contributed by atoms with E-state index in [1.54, 1.807) is 0 Å². The molecular weight excluding hydrogens is 358 g/mol. The van der Waals surface area contributed by atoms with Gasteiger partial charge in [0.05, 0.1) is 6.61 Å². The fourth-order valence-corrected chi connectivity index (χ4v) is 4.89. The molecule has 0 saturated carbocycles. The molecule has 0 N–H and O–H groups in total. The lowest BCUT2D eigenvalue weighted by atomic mass is 10.1. The summed E-state index contributed by atoms with van der Waals surface area (Å²) in [6.45, 7) is 0.535. The number of esters is 1. The standard InChI is InChI=1S/C15H20ClNO4S2/c16-23(19,20)17-9-11-22-12-14(17)15(18)21-10-5-4-8-13-6-2-1-3-7-13/h1-3,6-7,14H,4-5,8-12H2. The molecule has 0 spiro atoms. The molecule has 0 amide bonds. The molecule has 1 aromatic rings. The van der Waals surface area contributed by atoms with Crippen molar-refractivity contribution in [3.63, 3.8) is 0 Å². The van der Waals surface area contributed by atoms with Gasteiger partial charge in [0, 0.05) is 28.7 Å². The summed E-state index contributed by atoms with van der Waals surface area (Å²) in [5.74, 6) is 0.503. The van der Waals surface area contributed by atoms with Gasteiger partial charge in [-0.25, -0.2) is 0 Å². The molecule has 23 heavy (non-hydrogen) atoms. The van der Waals surface area contributed by atoms with Crippen LogP contribution in [0.2, 0.25) is 0 Å². The van der Waals surface area contributed by atoms with E-state index in [4.69, 9.17) is 15.4 Å². The zero-order valence-electron chi connectivity index (χ0n) is 12.7. The van der Waals surface area contributed by atoms with Crippen LogP contribution in [-0.2, 0) is 25.2 Å². The van der Waals surface area contributed by atoms with Crippen molar-refractivity contribution in [3.05, 3.63) is 35.9 Å². The van der Waals surface area contributed by atoms with Crippen LogP contribution in [-0.4, -0.2) is 49.4 Å². The lowest BCUT2D eigenvalue weighted by Crippen LogP contribution is -2.49. The maximum Gasteiger partial charge on any atom is 0.325 e. The molecule has 0 radical (unpaired) electrons. The lowest BCUT2D eigenvalue weighted by molar-refractivity contribution is -0.147. The first kappa shape index (κ1) is 18.6. The molecule has 0 bridgehead atoms. The van der Waals surface area contributed by atoms with Gasteiger partial charge in [-0.1, -0.05) is 30.3 Å². The Kier molecular flexibility index (Phi) is 7.20. The van der Waals surface area contributed by atoms with Gasteiger partial charge in [-0.15, -0.1) is 0 Å². The Balaban J connectivity index is 1.73. The number of hydrogen-bond donors (Lipinski definition) is 0. The number of carbonyl (C=O) groups excluding carboxylic acids is 1. The number of nitrogens with zero attached hydrogens (tertiary/aromatic N) is 1. The fourth-order valence-electron chi connectivity index (χ4n) is 2.38. The van der Waals surface area contributed by atoms with Crippen molar-refractivity contribution in [1.82, 2.24) is 4.31 Å². The molecule has 1 atom stereocenters. The lowest BCUT2D eigenvalue weighted by Gasteiger charge is -2.30. The number of thioether (sulfide) groups is 1. The summed E-state index contributed by atoms with van der Waals surface area (Å²) in [6.07, 6.45) is 2.59. The van der Waals surface area contributed by atoms with Crippen LogP contribution in [0.25, 0.3) is 0 Å². The highest BCUT2D eigenvalue weighted by Crippen LogP contribution is 2.22. The van der Waals surface area contributed by atoms with Crippen LogP contribution in [0.5, 0.6) is 0 Å². The second-order valence-electron chi connectivity index (χ2n) is 5.25. The third kappa shape index (κ3) is 5.99. The Morgan fingerprint density at radius 1 is 1.30 bits per heavy atom. The molecule has 1 aliphatic rings. The molecule has 1 aromatic carbocycles. The van der Waals surface area contributed by atoms with E-state index in [0.29, 0.717) is 18.1 Å². The average molecular weight is 378 g/mol. The van der Waals surface area contributed by atoms with Crippen LogP contribution in [0.15, 0.2) is 30.3 Å². The summed E-state index contributed by atoms with van der Waals surface area (Å²) >= 11 is 1.53. The number of aryl methyl sites for hydroxylation is 1. The predicted molar refractivity (Wildman–Crippen MR) is 92.9 cm³/mol. The Morgan fingerprint density at radius 3 is 2.74 bits per heavy atom. The Labute approximate surface area is 145 Å². The molecule has 2 rings (SSSR count). The molecule has 5 nitrogen and oxygen atoms in total. The van der Waals surface area contributed by atoms with Crippen LogP contribution < -0.4 is 0 Å². The van der Waals surface area contributed by atoms with Crippen molar-refractivity contribution in [1.29, 1.82) is 0 Å². The van der Waals surface area contributed by atoms with Crippen LogP contribution in [0.4, 0.5) is 0 Å². The van der Waals surface area contributed by atoms with E-state index in [1.807, 2.05) is 18.2 Å². The highest BCUT2D eigenvalue weighted by molar-refractivity contribution is 8.12. The van der Waals surface area contributed by atoms with Crippen molar-refractivity contribution < 1.29 is 17.9 Å². The van der Waals surface area contributed by atoms with Gasteiger partial charge in [0.2, 0.25) is 0 Å². The SMILES string of the molecule is O=C(OCCCCc1ccccc1)C1CSCCN1S(=O)(=O)Cl. The number of hydrogen-bond acceptors (Lipinski definition) is 5. The second-order valence-corrected chi connectivity index (χ2v) is 8.87. The fraction of sp³-hybridized carbons (Fsp3) is 0.533. The highest BCUT2D eigenvalue weighted by Gasteiger charge is 2.37. The van der Waals surface area contributed by atoms with Gasteiger partial charge >= 0.3 is 15.2 Å². The summed E-state index contributed by atoms with van der Waals surface area (Å²) in [6, 6.07) is 9.28. The van der Waals surface area contributed by atoms with E-state index < -0.39 is 21.2 Å². The number of carbonyl (C=O) groups is 1. The third-order valence-electron chi connectivity index (χ3n) is 3.58. The van der Waals surface area contributed by atoms with Crippen molar-refractivity contribution in [2.45, 2.75) is 25.3 Å². The minimum Gasteiger partial charge on any atom is -0.464 e. The smallest absolute Gasteiger partial charge is 0.325 e. The Hall–Kier alpha value is -0.760. The van der Waals surface area contributed by atoms with Crippen molar-refractivity contribution in [2.75, 3.05) is 24.7 Å². The molecule has 1 unspecified atom stereocenters. The summed E-state index contributed by atoms with van der Waals surface area (Å²) in [4.78, 5) is 12.1. The molecule has 1 fully saturated rings. The summed E-state index contributed by atoms with van der Waals surface area (Å²) in [5, 5.41) is 0. The Morgan fingerprint density at radius 2 is 2.04 bits per heavy atom. The first-order valence-corrected chi connectivity index (χ1v) is 10.9. The van der Waals surface area contributed by atoms with Crippen molar-refractivity contribution >= 4 is 37.7 Å². The summed E-state index contributed by atoms with van der Waals surface area (Å²) < 4.78 is 29.3. The molecule has 8 heteroatoms.